The number of ether oxygens (including phenoxy) is 2. The average Bonchev–Trinajstić information content (AvgIpc) is 2.53. The van der Waals surface area contributed by atoms with E-state index in [1.54, 1.807) is 24.3 Å². The van der Waals surface area contributed by atoms with Crippen molar-refractivity contribution >= 4 is 34.9 Å². The first-order chi connectivity index (χ1) is 11.0. The van der Waals surface area contributed by atoms with Crippen LogP contribution < -0.4 is 20.1 Å². The van der Waals surface area contributed by atoms with Gasteiger partial charge in [-0.15, -0.1) is 0 Å². The number of benzene rings is 2. The summed E-state index contributed by atoms with van der Waals surface area (Å²) in [6.07, 6.45) is 0. The third kappa shape index (κ3) is 4.68. The van der Waals surface area contributed by atoms with E-state index in [-0.39, 0.29) is 6.03 Å². The second kappa shape index (κ2) is 7.94. The smallest absolute Gasteiger partial charge is 0.319 e. The Bertz CT molecular complexity index is 708. The molecule has 0 aliphatic carbocycles. The van der Waals surface area contributed by atoms with Crippen molar-refractivity contribution < 1.29 is 14.3 Å². The SMILES string of the molecule is COc1cc(OC)c(NC(=O)NCc2cccc(Cl)c2)cc1Cl. The van der Waals surface area contributed by atoms with E-state index >= 15 is 0 Å². The van der Waals surface area contributed by atoms with Gasteiger partial charge in [0.05, 0.1) is 24.9 Å². The van der Waals surface area contributed by atoms with Crippen LogP contribution in [0.25, 0.3) is 0 Å². The Kier molecular flexibility index (Phi) is 5.96. The number of nitrogens with one attached hydrogen (secondary N) is 2. The molecule has 0 heterocycles. The standard InChI is InChI=1S/C16H16Cl2N2O3/c1-22-14-8-15(23-2)13(7-12(14)18)20-16(21)19-9-10-4-3-5-11(17)6-10/h3-8H,9H2,1-2H3,(H2,19,20,21). The topological polar surface area (TPSA) is 59.6 Å². The van der Waals surface area contributed by atoms with E-state index in [0.717, 1.165) is 5.56 Å². The Balaban J connectivity index is 2.03. The summed E-state index contributed by atoms with van der Waals surface area (Å²) in [5.41, 5.74) is 1.34. The Labute approximate surface area is 144 Å². The molecule has 122 valence electrons. The molecule has 0 aliphatic rings. The van der Waals surface area contributed by atoms with Crippen LogP contribution in [0.4, 0.5) is 10.5 Å². The third-order valence-electron chi connectivity index (χ3n) is 3.06. The van der Waals surface area contributed by atoms with Crippen LogP contribution in [0.2, 0.25) is 10.0 Å². The summed E-state index contributed by atoms with van der Waals surface area (Å²) < 4.78 is 10.3. The van der Waals surface area contributed by atoms with Gasteiger partial charge in [0, 0.05) is 17.6 Å². The summed E-state index contributed by atoms with van der Waals surface area (Å²) in [7, 11) is 3.00. The second-order valence-corrected chi connectivity index (χ2v) is 5.47. The lowest BCUT2D eigenvalue weighted by molar-refractivity contribution is 0.251. The van der Waals surface area contributed by atoms with Crippen molar-refractivity contribution in [3.8, 4) is 11.5 Å². The minimum atomic E-state index is -0.385. The summed E-state index contributed by atoms with van der Waals surface area (Å²) in [6.45, 7) is 0.346. The maximum absolute atomic E-state index is 12.0. The highest BCUT2D eigenvalue weighted by molar-refractivity contribution is 6.32. The normalized spacial score (nSPS) is 10.1. The van der Waals surface area contributed by atoms with Gasteiger partial charge in [-0.3, -0.25) is 0 Å². The van der Waals surface area contributed by atoms with Crippen molar-refractivity contribution in [2.75, 3.05) is 19.5 Å². The fourth-order valence-corrected chi connectivity index (χ4v) is 2.41. The van der Waals surface area contributed by atoms with E-state index in [9.17, 15) is 4.79 Å². The molecule has 2 aromatic carbocycles. The molecule has 0 unspecified atom stereocenters. The van der Waals surface area contributed by atoms with Gasteiger partial charge in [-0.05, 0) is 23.8 Å². The molecule has 0 fully saturated rings. The zero-order valence-corrected chi connectivity index (χ0v) is 14.2. The number of hydrogen-bond acceptors (Lipinski definition) is 3. The molecular weight excluding hydrogens is 339 g/mol. The number of amides is 2. The zero-order valence-electron chi connectivity index (χ0n) is 12.7. The quantitative estimate of drug-likeness (QED) is 0.839. The fraction of sp³-hybridized carbons (Fsp3) is 0.188. The van der Waals surface area contributed by atoms with Crippen LogP contribution in [0.3, 0.4) is 0 Å². The molecule has 0 aliphatic heterocycles. The minimum absolute atomic E-state index is 0.346. The lowest BCUT2D eigenvalue weighted by atomic mass is 10.2. The predicted molar refractivity (Wildman–Crippen MR) is 91.9 cm³/mol. The average molecular weight is 355 g/mol. The maximum atomic E-state index is 12.0. The molecule has 0 saturated carbocycles. The lowest BCUT2D eigenvalue weighted by Crippen LogP contribution is -2.28. The number of rotatable bonds is 5. The van der Waals surface area contributed by atoms with E-state index in [4.69, 9.17) is 32.7 Å². The number of halogens is 2. The van der Waals surface area contributed by atoms with Gasteiger partial charge in [-0.25, -0.2) is 4.79 Å². The molecular formula is C16H16Cl2N2O3. The highest BCUT2D eigenvalue weighted by Crippen LogP contribution is 2.35. The van der Waals surface area contributed by atoms with Gasteiger partial charge in [0.25, 0.3) is 0 Å². The van der Waals surface area contributed by atoms with Crippen molar-refractivity contribution in [3.05, 3.63) is 52.0 Å². The van der Waals surface area contributed by atoms with Crippen LogP contribution in [-0.4, -0.2) is 20.3 Å². The summed E-state index contributed by atoms with van der Waals surface area (Å²) in [6, 6.07) is 10.0. The van der Waals surface area contributed by atoms with Crippen molar-refractivity contribution in [2.45, 2.75) is 6.54 Å². The Morgan fingerprint density at radius 3 is 2.48 bits per heavy atom. The highest BCUT2D eigenvalue weighted by atomic mass is 35.5. The predicted octanol–water partition coefficient (Wildman–Crippen LogP) is 4.33. The molecule has 0 atom stereocenters. The monoisotopic (exact) mass is 354 g/mol. The largest absolute Gasteiger partial charge is 0.495 e. The first-order valence-corrected chi connectivity index (χ1v) is 7.50. The first kappa shape index (κ1) is 17.2. The third-order valence-corrected chi connectivity index (χ3v) is 3.59. The number of anilines is 1. The van der Waals surface area contributed by atoms with E-state index < -0.39 is 0 Å². The molecule has 7 heteroatoms. The summed E-state index contributed by atoms with van der Waals surface area (Å²) in [5, 5.41) is 6.42. The van der Waals surface area contributed by atoms with Crippen LogP contribution in [0.1, 0.15) is 5.56 Å². The van der Waals surface area contributed by atoms with Crippen LogP contribution >= 0.6 is 23.2 Å². The van der Waals surface area contributed by atoms with Gasteiger partial charge in [0.2, 0.25) is 0 Å². The Morgan fingerprint density at radius 2 is 1.83 bits per heavy atom. The lowest BCUT2D eigenvalue weighted by Gasteiger charge is -2.13. The first-order valence-electron chi connectivity index (χ1n) is 6.74. The number of carbonyl (C=O) groups is 1. The van der Waals surface area contributed by atoms with Gasteiger partial charge >= 0.3 is 6.03 Å². The number of hydrogen-bond donors (Lipinski definition) is 2. The molecule has 0 aromatic heterocycles. The van der Waals surface area contributed by atoms with Crippen molar-refractivity contribution in [3.63, 3.8) is 0 Å². The summed E-state index contributed by atoms with van der Waals surface area (Å²) in [5.74, 6) is 0.914. The molecule has 0 bridgehead atoms. The molecule has 2 aromatic rings. The van der Waals surface area contributed by atoms with Crippen LogP contribution in [-0.2, 0) is 6.54 Å². The van der Waals surface area contributed by atoms with Crippen molar-refractivity contribution in [2.24, 2.45) is 0 Å². The van der Waals surface area contributed by atoms with E-state index in [1.807, 2.05) is 12.1 Å². The van der Waals surface area contributed by atoms with E-state index in [1.165, 1.54) is 14.2 Å². The van der Waals surface area contributed by atoms with Crippen molar-refractivity contribution in [1.82, 2.24) is 5.32 Å². The molecule has 0 radical (unpaired) electrons. The van der Waals surface area contributed by atoms with E-state index in [2.05, 4.69) is 10.6 Å². The molecule has 0 spiro atoms. The zero-order chi connectivity index (χ0) is 16.8. The Morgan fingerprint density at radius 1 is 1.09 bits per heavy atom. The van der Waals surface area contributed by atoms with E-state index in [0.29, 0.717) is 33.8 Å². The molecule has 0 saturated heterocycles. The highest BCUT2D eigenvalue weighted by Gasteiger charge is 2.12. The van der Waals surface area contributed by atoms with Gasteiger partial charge in [-0.2, -0.15) is 0 Å². The Hall–Kier alpha value is -2.11. The molecule has 2 rings (SSSR count). The van der Waals surface area contributed by atoms with Gasteiger partial charge in [-0.1, -0.05) is 35.3 Å². The molecule has 5 nitrogen and oxygen atoms in total. The van der Waals surface area contributed by atoms with Gasteiger partial charge < -0.3 is 20.1 Å². The fourth-order valence-electron chi connectivity index (χ4n) is 1.95. The summed E-state index contributed by atoms with van der Waals surface area (Å²) >= 11 is 12.0. The second-order valence-electron chi connectivity index (χ2n) is 4.62. The number of carbonyl (C=O) groups excluding carboxylic acids is 1. The molecule has 2 amide bonds. The van der Waals surface area contributed by atoms with Crippen LogP contribution in [0, 0.1) is 0 Å². The van der Waals surface area contributed by atoms with Crippen molar-refractivity contribution in [1.29, 1.82) is 0 Å². The number of urea groups is 1. The number of methoxy groups -OCH3 is 2. The minimum Gasteiger partial charge on any atom is -0.495 e. The van der Waals surface area contributed by atoms with Gasteiger partial charge in [0.1, 0.15) is 11.5 Å². The molecule has 2 N–H and O–H groups in total. The van der Waals surface area contributed by atoms with Crippen LogP contribution in [0.5, 0.6) is 11.5 Å². The molecule has 23 heavy (non-hydrogen) atoms. The van der Waals surface area contributed by atoms with Gasteiger partial charge in [0.15, 0.2) is 0 Å². The summed E-state index contributed by atoms with van der Waals surface area (Å²) in [4.78, 5) is 12.0. The van der Waals surface area contributed by atoms with Crippen LogP contribution in [0.15, 0.2) is 36.4 Å². The maximum Gasteiger partial charge on any atom is 0.319 e.